The van der Waals surface area contributed by atoms with Crippen LogP contribution in [-0.4, -0.2) is 30.1 Å². The monoisotopic (exact) mass is 468 g/mol. The maximum absolute atomic E-state index is 6.14. The first-order chi connectivity index (χ1) is 17.2. The van der Waals surface area contributed by atoms with Gasteiger partial charge in [-0.3, -0.25) is 0 Å². The molecule has 3 aromatic carbocycles. The van der Waals surface area contributed by atoms with Crippen molar-refractivity contribution in [2.75, 3.05) is 20.1 Å². The summed E-state index contributed by atoms with van der Waals surface area (Å²) >= 11 is 0. The van der Waals surface area contributed by atoms with E-state index in [1.807, 2.05) is 25.4 Å². The highest BCUT2D eigenvalue weighted by molar-refractivity contribution is 5.85. The molecule has 0 bridgehead atoms. The molecule has 5 N–H and O–H groups in total. The van der Waals surface area contributed by atoms with Crippen LogP contribution in [0.1, 0.15) is 22.3 Å². The molecule has 0 saturated heterocycles. The van der Waals surface area contributed by atoms with Crippen LogP contribution in [0.15, 0.2) is 73.1 Å². The maximum Gasteiger partial charge on any atom is 0.120 e. The lowest BCUT2D eigenvalue weighted by Crippen LogP contribution is -2.09. The van der Waals surface area contributed by atoms with Crippen LogP contribution in [0.25, 0.3) is 21.8 Å². The minimum absolute atomic E-state index is 0.500. The van der Waals surface area contributed by atoms with Crippen LogP contribution >= 0.6 is 0 Å². The van der Waals surface area contributed by atoms with Gasteiger partial charge in [0.1, 0.15) is 24.7 Å². The summed E-state index contributed by atoms with van der Waals surface area (Å²) in [6.07, 6.45) is 5.94. The zero-order valence-corrected chi connectivity index (χ0v) is 20.1. The highest BCUT2D eigenvalue weighted by atomic mass is 16.5. The van der Waals surface area contributed by atoms with Gasteiger partial charge in [-0.1, -0.05) is 18.2 Å². The molecule has 0 fully saturated rings. The molecule has 180 valence electrons. The van der Waals surface area contributed by atoms with E-state index in [1.165, 1.54) is 21.9 Å². The molecule has 0 saturated carbocycles. The molecule has 0 aliphatic rings. The van der Waals surface area contributed by atoms with Crippen LogP contribution in [0.4, 0.5) is 0 Å². The van der Waals surface area contributed by atoms with Crippen LogP contribution < -0.4 is 20.5 Å². The van der Waals surface area contributed by atoms with E-state index in [0.29, 0.717) is 19.8 Å². The first-order valence-electron chi connectivity index (χ1n) is 12.1. The number of aromatic nitrogens is 2. The van der Waals surface area contributed by atoms with Gasteiger partial charge < -0.3 is 30.5 Å². The summed E-state index contributed by atoms with van der Waals surface area (Å²) < 4.78 is 12.2. The van der Waals surface area contributed by atoms with Gasteiger partial charge in [-0.2, -0.15) is 0 Å². The summed E-state index contributed by atoms with van der Waals surface area (Å²) in [6.45, 7) is 2.58. The molecule has 6 nitrogen and oxygen atoms in total. The molecule has 2 aromatic heterocycles. The van der Waals surface area contributed by atoms with E-state index in [4.69, 9.17) is 15.2 Å². The first kappa shape index (κ1) is 23.0. The van der Waals surface area contributed by atoms with Gasteiger partial charge in [0.2, 0.25) is 0 Å². The van der Waals surface area contributed by atoms with E-state index >= 15 is 0 Å². The number of aromatic amines is 2. The summed E-state index contributed by atoms with van der Waals surface area (Å²) in [7, 11) is 1.97. The number of likely N-dealkylation sites (N-methyl/N-ethyl adjacent to an activating group) is 1. The van der Waals surface area contributed by atoms with Gasteiger partial charge in [-0.25, -0.2) is 0 Å². The second-order valence-corrected chi connectivity index (χ2v) is 8.83. The molecule has 2 heterocycles. The lowest BCUT2D eigenvalue weighted by molar-refractivity contribution is 0.300. The van der Waals surface area contributed by atoms with Crippen molar-refractivity contribution in [3.63, 3.8) is 0 Å². The number of rotatable bonds is 11. The SMILES string of the molecule is CNCCc1c[nH]c2ccc(OCc3cccc(COc4ccc5[nH]cc(CCN)c5c4)c3)cc12. The standard InChI is InChI=1S/C29H32N4O2/c1-31-12-10-23-17-33-29-8-6-25(15-27(23)29)35-19-21-4-2-3-20(13-21)18-34-24-5-7-28-26(14-24)22(9-11-30)16-32-28/h2-8,13-17,31-33H,9-12,18-19,30H2,1H3. The van der Waals surface area contributed by atoms with Crippen molar-refractivity contribution >= 4 is 21.8 Å². The molecule has 0 spiro atoms. The summed E-state index contributed by atoms with van der Waals surface area (Å²) in [4.78, 5) is 6.65. The van der Waals surface area contributed by atoms with Gasteiger partial charge in [0.05, 0.1) is 0 Å². The van der Waals surface area contributed by atoms with Crippen LogP contribution in [-0.2, 0) is 26.1 Å². The number of hydrogen-bond donors (Lipinski definition) is 4. The van der Waals surface area contributed by atoms with Gasteiger partial charge in [0, 0.05) is 34.2 Å². The average Bonchev–Trinajstić information content (AvgIpc) is 3.49. The number of fused-ring (bicyclic) bond motifs is 2. The Kier molecular flexibility index (Phi) is 7.02. The Morgan fingerprint density at radius 3 is 1.86 bits per heavy atom. The highest BCUT2D eigenvalue weighted by Gasteiger charge is 2.07. The summed E-state index contributed by atoms with van der Waals surface area (Å²) in [5.74, 6) is 1.73. The Bertz CT molecular complexity index is 1420. The second-order valence-electron chi connectivity index (χ2n) is 8.83. The zero-order valence-electron chi connectivity index (χ0n) is 20.1. The average molecular weight is 469 g/mol. The molecule has 0 unspecified atom stereocenters. The van der Waals surface area contributed by atoms with Crippen LogP contribution in [0.3, 0.4) is 0 Å². The topological polar surface area (TPSA) is 88.1 Å². The molecule has 0 aliphatic heterocycles. The highest BCUT2D eigenvalue weighted by Crippen LogP contribution is 2.26. The Labute approximate surface area is 205 Å². The number of nitrogens with two attached hydrogens (primary N) is 1. The van der Waals surface area contributed by atoms with E-state index in [0.717, 1.165) is 53.0 Å². The Hall–Kier alpha value is -3.74. The van der Waals surface area contributed by atoms with E-state index in [2.05, 4.69) is 70.0 Å². The number of nitrogens with one attached hydrogen (secondary N) is 3. The van der Waals surface area contributed by atoms with Crippen molar-refractivity contribution in [2.45, 2.75) is 26.1 Å². The fourth-order valence-corrected chi connectivity index (χ4v) is 4.47. The minimum atomic E-state index is 0.500. The molecule has 6 heteroatoms. The van der Waals surface area contributed by atoms with Gasteiger partial charge in [0.25, 0.3) is 0 Å². The van der Waals surface area contributed by atoms with Crippen LogP contribution in [0.5, 0.6) is 11.5 Å². The molecule has 0 radical (unpaired) electrons. The van der Waals surface area contributed by atoms with Gasteiger partial charge in [0.15, 0.2) is 0 Å². The lowest BCUT2D eigenvalue weighted by Gasteiger charge is -2.10. The Morgan fingerprint density at radius 2 is 1.31 bits per heavy atom. The fourth-order valence-electron chi connectivity index (χ4n) is 4.47. The van der Waals surface area contributed by atoms with E-state index < -0.39 is 0 Å². The van der Waals surface area contributed by atoms with Gasteiger partial charge in [-0.15, -0.1) is 0 Å². The van der Waals surface area contributed by atoms with E-state index in [-0.39, 0.29) is 0 Å². The predicted octanol–water partition coefficient (Wildman–Crippen LogP) is 5.07. The lowest BCUT2D eigenvalue weighted by atomic mass is 10.1. The smallest absolute Gasteiger partial charge is 0.120 e. The fraction of sp³-hybridized carbons (Fsp3) is 0.241. The third kappa shape index (κ3) is 5.34. The van der Waals surface area contributed by atoms with Gasteiger partial charge in [-0.05, 0) is 97.7 Å². The molecule has 0 amide bonds. The molecular formula is C29H32N4O2. The molecule has 5 aromatic rings. The van der Waals surface area contributed by atoms with Crippen molar-refractivity contribution < 1.29 is 9.47 Å². The van der Waals surface area contributed by atoms with Gasteiger partial charge >= 0.3 is 0 Å². The molecule has 5 rings (SSSR count). The number of H-pyrrole nitrogens is 2. The Morgan fingerprint density at radius 1 is 0.743 bits per heavy atom. The van der Waals surface area contributed by atoms with Crippen LogP contribution in [0, 0.1) is 0 Å². The van der Waals surface area contributed by atoms with E-state index in [1.54, 1.807) is 0 Å². The number of ether oxygens (including phenoxy) is 2. The largest absolute Gasteiger partial charge is 0.489 e. The van der Waals surface area contributed by atoms with Crippen molar-refractivity contribution in [1.29, 1.82) is 0 Å². The van der Waals surface area contributed by atoms with Crippen molar-refractivity contribution in [1.82, 2.24) is 15.3 Å². The summed E-state index contributed by atoms with van der Waals surface area (Å²) in [5, 5.41) is 5.60. The minimum Gasteiger partial charge on any atom is -0.489 e. The van der Waals surface area contributed by atoms with Crippen LogP contribution in [0.2, 0.25) is 0 Å². The third-order valence-corrected chi connectivity index (χ3v) is 6.34. The van der Waals surface area contributed by atoms with Crippen molar-refractivity contribution in [3.05, 3.63) is 95.3 Å². The van der Waals surface area contributed by atoms with Crippen molar-refractivity contribution in [3.8, 4) is 11.5 Å². The van der Waals surface area contributed by atoms with E-state index in [9.17, 15) is 0 Å². The molecular weight excluding hydrogens is 436 g/mol. The predicted molar refractivity (Wildman–Crippen MR) is 142 cm³/mol. The number of hydrogen-bond acceptors (Lipinski definition) is 4. The molecule has 0 atom stereocenters. The summed E-state index contributed by atoms with van der Waals surface area (Å²) in [5.41, 5.74) is 12.7. The molecule has 0 aliphatic carbocycles. The third-order valence-electron chi connectivity index (χ3n) is 6.34. The second kappa shape index (κ2) is 10.7. The molecule has 35 heavy (non-hydrogen) atoms. The maximum atomic E-state index is 6.14. The quantitative estimate of drug-likeness (QED) is 0.218. The number of benzene rings is 3. The first-order valence-corrected chi connectivity index (χ1v) is 12.1. The zero-order chi connectivity index (χ0) is 24.0. The normalized spacial score (nSPS) is 11.4. The summed E-state index contributed by atoms with van der Waals surface area (Å²) in [6, 6.07) is 20.7. The van der Waals surface area contributed by atoms with Crippen molar-refractivity contribution in [2.24, 2.45) is 5.73 Å². The Balaban J connectivity index is 1.22.